The van der Waals surface area contributed by atoms with Gasteiger partial charge in [-0.15, -0.1) is 23.5 Å². The van der Waals surface area contributed by atoms with Crippen LogP contribution in [0.3, 0.4) is 0 Å². The van der Waals surface area contributed by atoms with E-state index in [1.165, 1.54) is 18.0 Å². The van der Waals surface area contributed by atoms with Crippen LogP contribution in [-0.4, -0.2) is 51.7 Å². The molecule has 176 valence electrons. The first-order valence-corrected chi connectivity index (χ1v) is 12.6. The van der Waals surface area contributed by atoms with E-state index < -0.39 is 5.97 Å². The van der Waals surface area contributed by atoms with Crippen LogP contribution in [0, 0.1) is 0 Å². The topological polar surface area (TPSA) is 98.6 Å². The summed E-state index contributed by atoms with van der Waals surface area (Å²) in [5.41, 5.74) is 2.60. The Morgan fingerprint density at radius 2 is 1.25 bits per heavy atom. The molecule has 0 saturated heterocycles. The van der Waals surface area contributed by atoms with Gasteiger partial charge in [0.1, 0.15) is 0 Å². The lowest BCUT2D eigenvalue weighted by Gasteiger charge is -2.08. The minimum absolute atomic E-state index is 0.0760. The Kier molecular flexibility index (Phi) is 13.7. The average Bonchev–Trinajstić information content (AvgIpc) is 2.80. The van der Waals surface area contributed by atoms with Crippen LogP contribution in [0.5, 0.6) is 0 Å². The van der Waals surface area contributed by atoms with Gasteiger partial charge in [0.2, 0.25) is 0 Å². The number of carbonyl (C=O) groups is 2. The van der Waals surface area contributed by atoms with Crippen LogP contribution in [0.25, 0.3) is 0 Å². The number of hydrogen-bond donors (Lipinski definition) is 1. The highest BCUT2D eigenvalue weighted by atomic mass is 32.2. The molecule has 2 rings (SSSR count). The average molecular weight is 481 g/mol. The quantitative estimate of drug-likeness (QED) is 0.380. The molecule has 0 radical (unpaired) electrons. The van der Waals surface area contributed by atoms with Crippen LogP contribution in [-0.2, 0) is 22.5 Å². The molecule has 0 bridgehead atoms. The fraction of sp³-hybridized carbons (Fsp3) is 0.478. The Morgan fingerprint density at radius 1 is 0.812 bits per heavy atom. The number of ether oxygens (including phenoxy) is 2. The van der Waals surface area contributed by atoms with E-state index in [0.29, 0.717) is 30.2 Å². The molecule has 2 aromatic heterocycles. The number of thioether (sulfide) groups is 2. The SMILES string of the molecule is CCOC(=O)c1ncc(CC)cc1SCC.CCOC(=O)c1ncc(CO)cc1SCC. The van der Waals surface area contributed by atoms with Crippen molar-refractivity contribution in [1.29, 1.82) is 0 Å². The normalized spacial score (nSPS) is 10.2. The third-order valence-electron chi connectivity index (χ3n) is 3.95. The van der Waals surface area contributed by atoms with E-state index in [4.69, 9.17) is 14.6 Å². The molecule has 0 aromatic carbocycles. The minimum atomic E-state index is -0.414. The highest BCUT2D eigenvalue weighted by Crippen LogP contribution is 2.24. The number of aryl methyl sites for hydroxylation is 1. The molecule has 0 atom stereocenters. The lowest BCUT2D eigenvalue weighted by atomic mass is 10.2. The van der Waals surface area contributed by atoms with Gasteiger partial charge in [0.05, 0.1) is 19.8 Å². The molecule has 32 heavy (non-hydrogen) atoms. The van der Waals surface area contributed by atoms with Crippen LogP contribution in [0.15, 0.2) is 34.3 Å². The molecule has 0 saturated carbocycles. The summed E-state index contributed by atoms with van der Waals surface area (Å²) in [6.45, 7) is 10.3. The highest BCUT2D eigenvalue weighted by Gasteiger charge is 2.15. The highest BCUT2D eigenvalue weighted by molar-refractivity contribution is 7.99. The first-order valence-electron chi connectivity index (χ1n) is 10.6. The number of aliphatic hydroxyl groups is 1. The third-order valence-corrected chi connectivity index (χ3v) is 5.77. The monoisotopic (exact) mass is 480 g/mol. The van der Waals surface area contributed by atoms with Gasteiger partial charge in [-0.25, -0.2) is 19.6 Å². The van der Waals surface area contributed by atoms with Gasteiger partial charge < -0.3 is 14.6 Å². The predicted molar refractivity (Wildman–Crippen MR) is 128 cm³/mol. The molecule has 9 heteroatoms. The first-order chi connectivity index (χ1) is 15.4. The fourth-order valence-corrected chi connectivity index (χ4v) is 4.12. The van der Waals surface area contributed by atoms with Crippen molar-refractivity contribution in [2.24, 2.45) is 0 Å². The minimum Gasteiger partial charge on any atom is -0.461 e. The number of carbonyl (C=O) groups excluding carboxylic acids is 2. The van der Waals surface area contributed by atoms with Gasteiger partial charge in [0.25, 0.3) is 0 Å². The maximum Gasteiger partial charge on any atom is 0.358 e. The molecule has 2 aromatic rings. The number of esters is 2. The Balaban J connectivity index is 0.000000320. The second-order valence-corrected chi connectivity index (χ2v) is 8.81. The third kappa shape index (κ3) is 8.80. The largest absolute Gasteiger partial charge is 0.461 e. The maximum atomic E-state index is 11.6. The van der Waals surface area contributed by atoms with Crippen molar-refractivity contribution in [3.63, 3.8) is 0 Å². The molecular formula is C23H32N2O5S2. The van der Waals surface area contributed by atoms with Gasteiger partial charge in [-0.3, -0.25) is 0 Å². The number of aliphatic hydroxyl groups excluding tert-OH is 1. The number of rotatable bonds is 10. The molecule has 0 aliphatic heterocycles. The predicted octanol–water partition coefficient (Wildman–Crippen LogP) is 4.80. The zero-order valence-electron chi connectivity index (χ0n) is 19.3. The van der Waals surface area contributed by atoms with Crippen LogP contribution in [0.4, 0.5) is 0 Å². The van der Waals surface area contributed by atoms with Crippen molar-refractivity contribution in [3.8, 4) is 0 Å². The van der Waals surface area contributed by atoms with Crippen molar-refractivity contribution in [2.75, 3.05) is 24.7 Å². The van der Waals surface area contributed by atoms with Crippen molar-refractivity contribution >= 4 is 35.5 Å². The second kappa shape index (κ2) is 15.7. The fourth-order valence-electron chi connectivity index (χ4n) is 2.49. The van der Waals surface area contributed by atoms with Crippen molar-refractivity contribution in [2.45, 2.75) is 57.4 Å². The number of pyridine rings is 2. The standard InChI is InChI=1S/C12H17NO2S.C11H15NO3S/c1-4-9-7-10(16-6-3)11(13-8-9)12(14)15-5-2;1-3-15-11(14)10-9(16-4-2)5-8(7-13)6-12-10/h7-8H,4-6H2,1-3H3;5-6,13H,3-4,7H2,1-2H3. The van der Waals surface area contributed by atoms with E-state index >= 15 is 0 Å². The molecule has 0 spiro atoms. The van der Waals surface area contributed by atoms with Crippen molar-refractivity contribution < 1.29 is 24.2 Å². The Labute approximate surface area is 198 Å². The number of aromatic nitrogens is 2. The number of nitrogens with zero attached hydrogens (tertiary/aromatic N) is 2. The van der Waals surface area contributed by atoms with Gasteiger partial charge in [-0.2, -0.15) is 0 Å². The van der Waals surface area contributed by atoms with E-state index in [-0.39, 0.29) is 12.6 Å². The molecule has 1 N–H and O–H groups in total. The lowest BCUT2D eigenvalue weighted by Crippen LogP contribution is -2.09. The molecule has 7 nitrogen and oxygen atoms in total. The molecule has 0 aliphatic rings. The molecule has 0 amide bonds. The first kappa shape index (κ1) is 27.9. The van der Waals surface area contributed by atoms with E-state index in [0.717, 1.165) is 33.3 Å². The van der Waals surface area contributed by atoms with Gasteiger partial charge in [0.15, 0.2) is 11.4 Å². The van der Waals surface area contributed by atoms with Gasteiger partial charge >= 0.3 is 11.9 Å². The summed E-state index contributed by atoms with van der Waals surface area (Å²) in [6.07, 6.45) is 4.16. The molecule has 0 unspecified atom stereocenters. The van der Waals surface area contributed by atoms with Crippen molar-refractivity contribution in [1.82, 2.24) is 9.97 Å². The van der Waals surface area contributed by atoms with Gasteiger partial charge in [-0.1, -0.05) is 20.8 Å². The van der Waals surface area contributed by atoms with Crippen molar-refractivity contribution in [3.05, 3.63) is 47.0 Å². The van der Waals surface area contributed by atoms with Crippen LogP contribution < -0.4 is 0 Å². The van der Waals surface area contributed by atoms with E-state index in [2.05, 4.69) is 23.8 Å². The Bertz CT molecular complexity index is 806. The summed E-state index contributed by atoms with van der Waals surface area (Å²) in [7, 11) is 0. The molecule has 0 aliphatic carbocycles. The Morgan fingerprint density at radius 3 is 1.62 bits per heavy atom. The molecule has 0 fully saturated rings. The zero-order chi connectivity index (χ0) is 23.9. The zero-order valence-corrected chi connectivity index (χ0v) is 21.0. The smallest absolute Gasteiger partial charge is 0.358 e. The summed E-state index contributed by atoms with van der Waals surface area (Å²) >= 11 is 3.13. The molecule has 2 heterocycles. The number of hydrogen-bond acceptors (Lipinski definition) is 9. The summed E-state index contributed by atoms with van der Waals surface area (Å²) in [6, 6.07) is 3.79. The van der Waals surface area contributed by atoms with E-state index in [9.17, 15) is 9.59 Å². The lowest BCUT2D eigenvalue weighted by molar-refractivity contribution is 0.0505. The summed E-state index contributed by atoms with van der Waals surface area (Å²) < 4.78 is 9.88. The van der Waals surface area contributed by atoms with Crippen LogP contribution in [0.2, 0.25) is 0 Å². The van der Waals surface area contributed by atoms with Crippen LogP contribution in [0.1, 0.15) is 66.7 Å². The van der Waals surface area contributed by atoms with E-state index in [1.807, 2.05) is 13.0 Å². The summed E-state index contributed by atoms with van der Waals surface area (Å²) in [4.78, 5) is 33.1. The summed E-state index contributed by atoms with van der Waals surface area (Å²) in [5, 5.41) is 9.00. The Hall–Kier alpha value is -2.10. The van der Waals surface area contributed by atoms with E-state index in [1.54, 1.807) is 37.9 Å². The second-order valence-electron chi connectivity index (χ2n) is 6.20. The maximum absolute atomic E-state index is 11.6. The van der Waals surface area contributed by atoms with Crippen LogP contribution >= 0.6 is 23.5 Å². The summed E-state index contributed by atoms with van der Waals surface area (Å²) in [5.74, 6) is 1.01. The molecular weight excluding hydrogens is 448 g/mol. The van der Waals surface area contributed by atoms with Gasteiger partial charge in [-0.05, 0) is 55.0 Å². The van der Waals surface area contributed by atoms with Gasteiger partial charge in [0, 0.05) is 22.2 Å².